The zero-order valence-electron chi connectivity index (χ0n) is 18.9. The minimum Gasteiger partial charge on any atom is -0.507 e. The fourth-order valence-corrected chi connectivity index (χ4v) is 4.05. The van der Waals surface area contributed by atoms with Crippen LogP contribution in [0.2, 0.25) is 5.02 Å². The average molecular weight is 507 g/mol. The molecule has 0 spiro atoms. The molecule has 3 aromatic rings. The van der Waals surface area contributed by atoms with Crippen molar-refractivity contribution in [2.75, 3.05) is 11.5 Å². The maximum atomic E-state index is 13.2. The molecule has 182 valence electrons. The summed E-state index contributed by atoms with van der Waals surface area (Å²) in [6.07, 6.45) is 0. The van der Waals surface area contributed by atoms with Gasteiger partial charge in [0.2, 0.25) is 0 Å². The number of benzene rings is 3. The molecule has 1 aliphatic rings. The lowest BCUT2D eigenvalue weighted by Gasteiger charge is -2.25. The highest BCUT2D eigenvalue weighted by Gasteiger charge is 2.47. The zero-order valence-corrected chi connectivity index (χ0v) is 19.6. The number of ketones is 1. The van der Waals surface area contributed by atoms with E-state index in [9.17, 15) is 29.6 Å². The second-order valence-electron chi connectivity index (χ2n) is 7.79. The van der Waals surface area contributed by atoms with Gasteiger partial charge in [0.25, 0.3) is 17.4 Å². The van der Waals surface area contributed by atoms with Crippen LogP contribution in [0.3, 0.4) is 0 Å². The normalized spacial score (nSPS) is 16.7. The lowest BCUT2D eigenvalue weighted by molar-refractivity contribution is -0.384. The van der Waals surface area contributed by atoms with Crippen molar-refractivity contribution in [3.8, 4) is 0 Å². The number of hydrogen-bond acceptors (Lipinski definition) is 7. The minimum atomic E-state index is -1.09. The van der Waals surface area contributed by atoms with Crippen LogP contribution in [-0.2, 0) is 14.3 Å². The molecule has 1 atom stereocenters. The Morgan fingerprint density at radius 3 is 2.14 bits per heavy atom. The van der Waals surface area contributed by atoms with Crippen LogP contribution in [-0.4, -0.2) is 34.3 Å². The Morgan fingerprint density at radius 1 is 1.00 bits per heavy atom. The predicted molar refractivity (Wildman–Crippen MR) is 132 cm³/mol. The Morgan fingerprint density at radius 2 is 1.58 bits per heavy atom. The molecule has 0 saturated carbocycles. The number of nitrogens with zero attached hydrogens (tertiary/aromatic N) is 2. The molecule has 1 fully saturated rings. The molecule has 3 aromatic carbocycles. The second kappa shape index (κ2) is 10.0. The largest absolute Gasteiger partial charge is 0.507 e. The molecule has 0 aliphatic carbocycles. The summed E-state index contributed by atoms with van der Waals surface area (Å²) in [5.74, 6) is -2.79. The van der Waals surface area contributed by atoms with Gasteiger partial charge in [0.1, 0.15) is 5.76 Å². The number of aliphatic hydroxyl groups is 1. The number of aliphatic hydroxyl groups excluding tert-OH is 1. The number of esters is 1. The summed E-state index contributed by atoms with van der Waals surface area (Å²) in [4.78, 5) is 50.1. The Bertz CT molecular complexity index is 1380. The van der Waals surface area contributed by atoms with Gasteiger partial charge in [-0.3, -0.25) is 24.6 Å². The number of Topliss-reactive ketones (excluding diaryl/α,β-unsaturated/α-hetero) is 1. The predicted octanol–water partition coefficient (Wildman–Crippen LogP) is 5.05. The Labute approximate surface area is 210 Å². The van der Waals surface area contributed by atoms with Crippen LogP contribution in [0.4, 0.5) is 11.4 Å². The van der Waals surface area contributed by atoms with Crippen LogP contribution in [0.1, 0.15) is 34.5 Å². The van der Waals surface area contributed by atoms with Gasteiger partial charge in [-0.2, -0.15) is 0 Å². The number of nitro benzene ring substituents is 1. The molecule has 1 saturated heterocycles. The monoisotopic (exact) mass is 506 g/mol. The molecule has 1 aliphatic heterocycles. The first kappa shape index (κ1) is 24.6. The minimum absolute atomic E-state index is 0.174. The summed E-state index contributed by atoms with van der Waals surface area (Å²) in [6, 6.07) is 16.2. The van der Waals surface area contributed by atoms with E-state index in [0.717, 1.165) is 0 Å². The van der Waals surface area contributed by atoms with Crippen LogP contribution in [0, 0.1) is 10.1 Å². The van der Waals surface area contributed by atoms with Gasteiger partial charge >= 0.3 is 5.97 Å². The van der Waals surface area contributed by atoms with Crippen molar-refractivity contribution in [1.29, 1.82) is 0 Å². The number of rotatable bonds is 6. The van der Waals surface area contributed by atoms with Gasteiger partial charge in [0.15, 0.2) is 0 Å². The number of amides is 1. The molecule has 0 bridgehead atoms. The molecule has 36 heavy (non-hydrogen) atoms. The number of halogens is 1. The molecule has 0 aromatic heterocycles. The highest BCUT2D eigenvalue weighted by molar-refractivity contribution is 6.51. The summed E-state index contributed by atoms with van der Waals surface area (Å²) >= 11 is 5.94. The second-order valence-corrected chi connectivity index (χ2v) is 8.23. The van der Waals surface area contributed by atoms with Crippen LogP contribution < -0.4 is 4.90 Å². The van der Waals surface area contributed by atoms with Crippen molar-refractivity contribution in [3.05, 3.63) is 110 Å². The number of nitro groups is 1. The summed E-state index contributed by atoms with van der Waals surface area (Å²) in [5, 5.41) is 22.6. The number of hydrogen-bond donors (Lipinski definition) is 1. The highest BCUT2D eigenvalue weighted by Crippen LogP contribution is 2.42. The Hall–Kier alpha value is -4.50. The quantitative estimate of drug-likeness (QED) is 0.124. The first-order valence-electron chi connectivity index (χ1n) is 10.8. The highest BCUT2D eigenvalue weighted by atomic mass is 35.5. The molecule has 4 rings (SSSR count). The number of anilines is 1. The smallest absolute Gasteiger partial charge is 0.338 e. The van der Waals surface area contributed by atoms with E-state index in [-0.39, 0.29) is 34.7 Å². The number of non-ortho nitro benzene ring substituents is 1. The summed E-state index contributed by atoms with van der Waals surface area (Å²) in [6.45, 7) is 1.87. The van der Waals surface area contributed by atoms with Gasteiger partial charge in [0, 0.05) is 28.4 Å². The Balaban J connectivity index is 1.86. The van der Waals surface area contributed by atoms with E-state index in [4.69, 9.17) is 16.3 Å². The maximum Gasteiger partial charge on any atom is 0.338 e. The SMILES string of the molecule is CCOC(=O)c1ccc(N2C(=O)C(=O)C(=C(O)c3ccc(Cl)cc3)[C@H]2c2ccc([N+](=O)[O-])cc2)cc1. The van der Waals surface area contributed by atoms with E-state index < -0.39 is 34.4 Å². The molecule has 10 heteroatoms. The van der Waals surface area contributed by atoms with Crippen LogP contribution in [0.25, 0.3) is 5.76 Å². The zero-order chi connectivity index (χ0) is 26.0. The molecule has 1 N–H and O–H groups in total. The van der Waals surface area contributed by atoms with E-state index in [1.165, 1.54) is 77.7 Å². The summed E-state index contributed by atoms with van der Waals surface area (Å²) in [7, 11) is 0. The van der Waals surface area contributed by atoms with Crippen LogP contribution >= 0.6 is 11.6 Å². The van der Waals surface area contributed by atoms with E-state index in [2.05, 4.69) is 0 Å². The standard InChI is InChI=1S/C26H19ClN2O7/c1-2-36-26(33)17-7-11-19(12-8-17)28-22(15-5-13-20(14-6-15)29(34)35)21(24(31)25(28)32)23(30)16-3-9-18(27)10-4-16/h3-14,22,30H,2H2,1H3/t22-/m1/s1. The molecular formula is C26H19ClN2O7. The van der Waals surface area contributed by atoms with E-state index in [1.807, 2.05) is 0 Å². The molecular weight excluding hydrogens is 488 g/mol. The van der Waals surface area contributed by atoms with Crippen molar-refractivity contribution in [3.63, 3.8) is 0 Å². The topological polar surface area (TPSA) is 127 Å². The van der Waals surface area contributed by atoms with E-state index in [1.54, 1.807) is 6.92 Å². The first-order valence-corrected chi connectivity index (χ1v) is 11.2. The van der Waals surface area contributed by atoms with Crippen molar-refractivity contribution >= 4 is 46.4 Å². The van der Waals surface area contributed by atoms with Gasteiger partial charge < -0.3 is 9.84 Å². The van der Waals surface area contributed by atoms with Gasteiger partial charge in [0.05, 0.1) is 28.7 Å². The number of carbonyl (C=O) groups is 3. The van der Waals surface area contributed by atoms with Gasteiger partial charge in [-0.25, -0.2) is 4.79 Å². The van der Waals surface area contributed by atoms with Crippen molar-refractivity contribution in [2.24, 2.45) is 0 Å². The van der Waals surface area contributed by atoms with Crippen LogP contribution in [0.15, 0.2) is 78.4 Å². The van der Waals surface area contributed by atoms with Gasteiger partial charge in [-0.05, 0) is 73.2 Å². The molecule has 1 heterocycles. The fraction of sp³-hybridized carbons (Fsp3) is 0.115. The van der Waals surface area contributed by atoms with Crippen molar-refractivity contribution in [2.45, 2.75) is 13.0 Å². The molecule has 0 unspecified atom stereocenters. The third-order valence-corrected chi connectivity index (χ3v) is 5.89. The maximum absolute atomic E-state index is 13.2. The number of ether oxygens (including phenoxy) is 1. The van der Waals surface area contributed by atoms with Crippen LogP contribution in [0.5, 0.6) is 0 Å². The summed E-state index contributed by atoms with van der Waals surface area (Å²) in [5.41, 5.74) is 0.804. The summed E-state index contributed by atoms with van der Waals surface area (Å²) < 4.78 is 4.98. The van der Waals surface area contributed by atoms with Crippen molar-refractivity contribution < 1.29 is 29.2 Å². The molecule has 0 radical (unpaired) electrons. The third kappa shape index (κ3) is 4.56. The fourth-order valence-electron chi connectivity index (χ4n) is 3.93. The lowest BCUT2D eigenvalue weighted by Crippen LogP contribution is -2.29. The van der Waals surface area contributed by atoms with Gasteiger partial charge in [-0.15, -0.1) is 0 Å². The molecule has 9 nitrogen and oxygen atoms in total. The number of carbonyl (C=O) groups excluding carboxylic acids is 3. The van der Waals surface area contributed by atoms with Gasteiger partial charge in [-0.1, -0.05) is 11.6 Å². The average Bonchev–Trinajstić information content (AvgIpc) is 3.14. The van der Waals surface area contributed by atoms with Crippen molar-refractivity contribution in [1.82, 2.24) is 0 Å². The lowest BCUT2D eigenvalue weighted by atomic mass is 9.95. The Kier molecular flexibility index (Phi) is 6.84. The molecule has 1 amide bonds. The first-order chi connectivity index (χ1) is 17.2. The van der Waals surface area contributed by atoms with E-state index in [0.29, 0.717) is 10.6 Å². The van der Waals surface area contributed by atoms with E-state index >= 15 is 0 Å². The third-order valence-electron chi connectivity index (χ3n) is 5.64.